The van der Waals surface area contributed by atoms with Crippen molar-refractivity contribution in [1.82, 2.24) is 9.80 Å². The molecule has 0 aliphatic carbocycles. The van der Waals surface area contributed by atoms with Gasteiger partial charge in [-0.25, -0.2) is 0 Å². The zero-order valence-corrected chi connectivity index (χ0v) is 16.4. The molecule has 1 atom stereocenters. The van der Waals surface area contributed by atoms with E-state index in [1.54, 1.807) is 0 Å². The molecule has 1 aromatic rings. The number of nitrogens with zero attached hydrogens (tertiary/aromatic N) is 2. The van der Waals surface area contributed by atoms with E-state index >= 15 is 0 Å². The Bertz CT molecular complexity index is 665. The highest BCUT2D eigenvalue weighted by atomic mass is 35.5. The average molecular weight is 378 g/mol. The number of rotatable bonds is 4. The zero-order chi connectivity index (χ0) is 18.7. The number of amides is 2. The van der Waals surface area contributed by atoms with Crippen molar-refractivity contribution in [1.29, 1.82) is 0 Å². The molecule has 2 aliphatic heterocycles. The minimum Gasteiger partial charge on any atom is -0.342 e. The summed E-state index contributed by atoms with van der Waals surface area (Å²) >= 11 is 6.13. The van der Waals surface area contributed by atoms with Crippen LogP contribution >= 0.6 is 11.6 Å². The molecule has 1 aromatic carbocycles. The maximum Gasteiger partial charge on any atom is 0.241 e. The molecule has 2 aliphatic rings. The van der Waals surface area contributed by atoms with Gasteiger partial charge in [0.15, 0.2) is 0 Å². The number of likely N-dealkylation sites (tertiary alicyclic amines) is 2. The highest BCUT2D eigenvalue weighted by Crippen LogP contribution is 2.25. The van der Waals surface area contributed by atoms with Crippen LogP contribution in [0.5, 0.6) is 0 Å². The molecular formula is C20H28ClN3O2. The number of halogens is 1. The van der Waals surface area contributed by atoms with Crippen molar-refractivity contribution >= 4 is 29.1 Å². The standard InChI is InChI=1S/C20H28ClN3O2/c1-14-17(21)6-5-7-18(14)22-19(25)15(2)23-12-8-16(9-13-23)20(26)24-10-3-4-11-24/h5-7,15-16H,3-4,8-13H2,1-2H3,(H,22,25)/t15-/m1/s1. The van der Waals surface area contributed by atoms with Crippen molar-refractivity contribution in [2.45, 2.75) is 45.6 Å². The second-order valence-electron chi connectivity index (χ2n) is 7.42. The molecule has 0 saturated carbocycles. The van der Waals surface area contributed by atoms with Crippen molar-refractivity contribution < 1.29 is 9.59 Å². The molecule has 0 aromatic heterocycles. The Labute approximate surface area is 160 Å². The van der Waals surface area contributed by atoms with Gasteiger partial charge in [0.1, 0.15) is 0 Å². The van der Waals surface area contributed by atoms with Crippen LogP contribution in [0.15, 0.2) is 18.2 Å². The van der Waals surface area contributed by atoms with Crippen molar-refractivity contribution in [3.63, 3.8) is 0 Å². The molecule has 2 saturated heterocycles. The molecule has 1 N–H and O–H groups in total. The monoisotopic (exact) mass is 377 g/mol. The minimum absolute atomic E-state index is 0.0281. The predicted molar refractivity (Wildman–Crippen MR) is 104 cm³/mol. The van der Waals surface area contributed by atoms with Crippen molar-refractivity contribution in [3.8, 4) is 0 Å². The first-order valence-corrected chi connectivity index (χ1v) is 9.94. The number of hydrogen-bond donors (Lipinski definition) is 1. The summed E-state index contributed by atoms with van der Waals surface area (Å²) in [4.78, 5) is 29.3. The van der Waals surface area contributed by atoms with Gasteiger partial charge in [0, 0.05) is 29.7 Å². The molecule has 0 bridgehead atoms. The summed E-state index contributed by atoms with van der Waals surface area (Å²) in [5.74, 6) is 0.406. The molecule has 6 heteroatoms. The first kappa shape index (κ1) is 19.2. The maximum atomic E-state index is 12.6. The Hall–Kier alpha value is -1.59. The number of nitrogens with one attached hydrogen (secondary N) is 1. The maximum absolute atomic E-state index is 12.6. The van der Waals surface area contributed by atoms with Crippen molar-refractivity contribution in [2.24, 2.45) is 5.92 Å². The lowest BCUT2D eigenvalue weighted by Crippen LogP contribution is -2.48. The number of benzene rings is 1. The van der Waals surface area contributed by atoms with Crippen LogP contribution in [-0.4, -0.2) is 53.8 Å². The van der Waals surface area contributed by atoms with Crippen LogP contribution in [0.2, 0.25) is 5.02 Å². The number of carbonyl (C=O) groups is 2. The molecule has 5 nitrogen and oxygen atoms in total. The third-order valence-corrected chi connectivity index (χ3v) is 6.16. The summed E-state index contributed by atoms with van der Waals surface area (Å²) in [5, 5.41) is 3.64. The van der Waals surface area contributed by atoms with Gasteiger partial charge in [-0.2, -0.15) is 0 Å². The van der Waals surface area contributed by atoms with Gasteiger partial charge in [-0.05, 0) is 70.3 Å². The van der Waals surface area contributed by atoms with Gasteiger partial charge in [0.25, 0.3) is 0 Å². The molecule has 0 radical (unpaired) electrons. The number of carbonyl (C=O) groups excluding carboxylic acids is 2. The third-order valence-electron chi connectivity index (χ3n) is 5.75. The van der Waals surface area contributed by atoms with Gasteiger partial charge >= 0.3 is 0 Å². The first-order chi connectivity index (χ1) is 12.5. The summed E-state index contributed by atoms with van der Waals surface area (Å²) in [5.41, 5.74) is 1.64. The summed E-state index contributed by atoms with van der Waals surface area (Å²) in [6, 6.07) is 5.30. The van der Waals surface area contributed by atoms with E-state index in [9.17, 15) is 9.59 Å². The van der Waals surface area contributed by atoms with Gasteiger partial charge < -0.3 is 10.2 Å². The molecule has 3 rings (SSSR count). The van der Waals surface area contributed by atoms with Gasteiger partial charge in [0.2, 0.25) is 11.8 Å². The van der Waals surface area contributed by atoms with Crippen LogP contribution in [-0.2, 0) is 9.59 Å². The molecule has 142 valence electrons. The molecular weight excluding hydrogens is 350 g/mol. The van der Waals surface area contributed by atoms with E-state index in [1.165, 1.54) is 0 Å². The van der Waals surface area contributed by atoms with E-state index in [-0.39, 0.29) is 17.9 Å². The first-order valence-electron chi connectivity index (χ1n) is 9.56. The van der Waals surface area contributed by atoms with Gasteiger partial charge in [-0.15, -0.1) is 0 Å². The van der Waals surface area contributed by atoms with Crippen LogP contribution in [0.3, 0.4) is 0 Å². The Morgan fingerprint density at radius 2 is 1.81 bits per heavy atom. The van der Waals surface area contributed by atoms with Gasteiger partial charge in [-0.1, -0.05) is 17.7 Å². The fourth-order valence-electron chi connectivity index (χ4n) is 3.88. The van der Waals surface area contributed by atoms with Crippen LogP contribution in [0.25, 0.3) is 0 Å². The van der Waals surface area contributed by atoms with Crippen molar-refractivity contribution in [3.05, 3.63) is 28.8 Å². The smallest absolute Gasteiger partial charge is 0.241 e. The lowest BCUT2D eigenvalue weighted by Gasteiger charge is -2.36. The highest BCUT2D eigenvalue weighted by molar-refractivity contribution is 6.31. The second kappa shape index (κ2) is 8.40. The van der Waals surface area contributed by atoms with E-state index in [0.717, 1.165) is 63.1 Å². The fraction of sp³-hybridized carbons (Fsp3) is 0.600. The Morgan fingerprint density at radius 1 is 1.15 bits per heavy atom. The van der Waals surface area contributed by atoms with Gasteiger partial charge in [-0.3, -0.25) is 14.5 Å². The summed E-state index contributed by atoms with van der Waals surface area (Å²) in [6.45, 7) is 7.23. The molecule has 0 unspecified atom stereocenters. The van der Waals surface area contributed by atoms with Crippen LogP contribution in [0, 0.1) is 12.8 Å². The summed E-state index contributed by atoms with van der Waals surface area (Å²) < 4.78 is 0. The quantitative estimate of drug-likeness (QED) is 0.875. The predicted octanol–water partition coefficient (Wildman–Crippen LogP) is 3.31. The minimum atomic E-state index is -0.226. The molecule has 0 spiro atoms. The molecule has 26 heavy (non-hydrogen) atoms. The van der Waals surface area contributed by atoms with Crippen LogP contribution in [0.1, 0.15) is 38.2 Å². The van der Waals surface area contributed by atoms with E-state index in [0.29, 0.717) is 10.9 Å². The zero-order valence-electron chi connectivity index (χ0n) is 15.6. The van der Waals surface area contributed by atoms with E-state index in [1.807, 2.05) is 36.9 Å². The van der Waals surface area contributed by atoms with Crippen LogP contribution in [0.4, 0.5) is 5.69 Å². The van der Waals surface area contributed by atoms with E-state index < -0.39 is 0 Å². The summed E-state index contributed by atoms with van der Waals surface area (Å²) in [6.07, 6.45) is 3.93. The normalized spacial score (nSPS) is 20.2. The van der Waals surface area contributed by atoms with Gasteiger partial charge in [0.05, 0.1) is 6.04 Å². The Morgan fingerprint density at radius 3 is 2.46 bits per heavy atom. The Kier molecular flexibility index (Phi) is 6.20. The molecule has 2 fully saturated rings. The van der Waals surface area contributed by atoms with Crippen LogP contribution < -0.4 is 5.32 Å². The highest BCUT2D eigenvalue weighted by Gasteiger charge is 2.32. The van der Waals surface area contributed by atoms with E-state index in [4.69, 9.17) is 11.6 Å². The second-order valence-corrected chi connectivity index (χ2v) is 7.83. The lowest BCUT2D eigenvalue weighted by atomic mass is 9.94. The molecule has 2 amide bonds. The third kappa shape index (κ3) is 4.21. The average Bonchev–Trinajstić information content (AvgIpc) is 3.19. The largest absolute Gasteiger partial charge is 0.342 e. The number of hydrogen-bond acceptors (Lipinski definition) is 3. The summed E-state index contributed by atoms with van der Waals surface area (Å²) in [7, 11) is 0. The SMILES string of the molecule is Cc1c(Cl)cccc1NC(=O)[C@@H](C)N1CCC(C(=O)N2CCCC2)CC1. The number of piperidine rings is 1. The fourth-order valence-corrected chi connectivity index (χ4v) is 4.05. The lowest BCUT2D eigenvalue weighted by molar-refractivity contribution is -0.136. The molecule has 2 heterocycles. The van der Waals surface area contributed by atoms with E-state index in [2.05, 4.69) is 10.2 Å². The Balaban J connectivity index is 1.52. The van der Waals surface area contributed by atoms with Crippen molar-refractivity contribution in [2.75, 3.05) is 31.5 Å². The number of anilines is 1. The topological polar surface area (TPSA) is 52.7 Å².